The van der Waals surface area contributed by atoms with Crippen molar-refractivity contribution in [3.05, 3.63) is 47.0 Å². The van der Waals surface area contributed by atoms with Gasteiger partial charge in [0.25, 0.3) is 5.91 Å². The molecule has 0 spiro atoms. The Balaban J connectivity index is 1.20. The standard InChI is InChI=1S/C24H28N4O3S3/c1-32-19-14-25-22(26-15-19)11-16-2-3-17(10-16)12-23-27-20-5-4-18(13-21(20)33-23)24(29)28-6-8-34(30,31)9-7-28/h4-5,13-17H,2-3,6-12H2,1H3/t16-,17-/m0/s1. The van der Waals surface area contributed by atoms with Crippen LogP contribution in [-0.4, -0.2) is 65.0 Å². The lowest BCUT2D eigenvalue weighted by Crippen LogP contribution is -2.43. The zero-order valence-corrected chi connectivity index (χ0v) is 21.6. The number of benzene rings is 1. The van der Waals surface area contributed by atoms with E-state index in [-0.39, 0.29) is 30.5 Å². The first kappa shape index (κ1) is 23.7. The van der Waals surface area contributed by atoms with Gasteiger partial charge in [-0.1, -0.05) is 0 Å². The molecule has 3 aromatic rings. The lowest BCUT2D eigenvalue weighted by molar-refractivity contribution is 0.0770. The first-order chi connectivity index (χ1) is 16.4. The van der Waals surface area contributed by atoms with Gasteiger partial charge in [0.05, 0.1) is 26.7 Å². The minimum Gasteiger partial charge on any atom is -0.337 e. The molecule has 0 bridgehead atoms. The number of thiazole rings is 1. The molecule has 7 nitrogen and oxygen atoms in total. The average molecular weight is 517 g/mol. The Morgan fingerprint density at radius 3 is 2.53 bits per heavy atom. The minimum absolute atomic E-state index is 0.0450. The van der Waals surface area contributed by atoms with Gasteiger partial charge in [-0.25, -0.2) is 23.4 Å². The maximum absolute atomic E-state index is 12.9. The summed E-state index contributed by atoms with van der Waals surface area (Å²) in [5.74, 6) is 2.17. The number of rotatable bonds is 6. The predicted molar refractivity (Wildman–Crippen MR) is 136 cm³/mol. The Morgan fingerprint density at radius 1 is 1.12 bits per heavy atom. The molecule has 1 aromatic carbocycles. The van der Waals surface area contributed by atoms with Gasteiger partial charge in [-0.15, -0.1) is 23.1 Å². The van der Waals surface area contributed by atoms with Crippen molar-refractivity contribution >= 4 is 49.1 Å². The van der Waals surface area contributed by atoms with Crippen molar-refractivity contribution in [2.45, 2.75) is 37.0 Å². The van der Waals surface area contributed by atoms with Gasteiger partial charge in [0, 0.05) is 48.8 Å². The van der Waals surface area contributed by atoms with Crippen molar-refractivity contribution < 1.29 is 13.2 Å². The summed E-state index contributed by atoms with van der Waals surface area (Å²) in [5, 5.41) is 1.12. The van der Waals surface area contributed by atoms with E-state index in [1.54, 1.807) is 28.0 Å². The Morgan fingerprint density at radius 2 is 1.82 bits per heavy atom. The van der Waals surface area contributed by atoms with E-state index in [1.165, 1.54) is 19.3 Å². The summed E-state index contributed by atoms with van der Waals surface area (Å²) in [4.78, 5) is 29.4. The van der Waals surface area contributed by atoms with Crippen LogP contribution in [0.4, 0.5) is 0 Å². The summed E-state index contributed by atoms with van der Waals surface area (Å²) in [6.07, 6.45) is 11.3. The Kier molecular flexibility index (Phi) is 6.90. The molecule has 2 aliphatic rings. The molecule has 1 aliphatic heterocycles. The Labute approximate surface area is 208 Å². The molecule has 1 saturated carbocycles. The molecule has 0 N–H and O–H groups in total. The van der Waals surface area contributed by atoms with Gasteiger partial charge in [0.1, 0.15) is 5.82 Å². The highest BCUT2D eigenvalue weighted by atomic mass is 32.2. The molecule has 10 heteroatoms. The topological polar surface area (TPSA) is 93.1 Å². The summed E-state index contributed by atoms with van der Waals surface area (Å²) >= 11 is 3.33. The van der Waals surface area contributed by atoms with Crippen LogP contribution >= 0.6 is 23.1 Å². The quantitative estimate of drug-likeness (QED) is 0.459. The van der Waals surface area contributed by atoms with E-state index in [0.29, 0.717) is 17.4 Å². The van der Waals surface area contributed by atoms with Crippen LogP contribution in [0.25, 0.3) is 10.2 Å². The molecule has 2 aromatic heterocycles. The molecule has 0 unspecified atom stereocenters. The smallest absolute Gasteiger partial charge is 0.253 e. The van der Waals surface area contributed by atoms with Gasteiger partial charge < -0.3 is 4.90 Å². The number of thioether (sulfide) groups is 1. The molecular formula is C24H28N4O3S3. The second kappa shape index (κ2) is 9.91. The van der Waals surface area contributed by atoms with E-state index >= 15 is 0 Å². The van der Waals surface area contributed by atoms with E-state index in [2.05, 4.69) is 9.97 Å². The number of fused-ring (bicyclic) bond motifs is 1. The normalized spacial score (nSPS) is 22.3. The summed E-state index contributed by atoms with van der Waals surface area (Å²) in [7, 11) is -3.01. The zero-order valence-electron chi connectivity index (χ0n) is 19.1. The summed E-state index contributed by atoms with van der Waals surface area (Å²) in [6, 6.07) is 5.64. The minimum atomic E-state index is -3.01. The molecule has 1 amide bonds. The number of carbonyl (C=O) groups is 1. The SMILES string of the molecule is CSc1cnc(C[C@H]2CC[C@H](Cc3nc4ccc(C(=O)N5CCS(=O)(=O)CC5)cc4s3)C2)nc1. The molecule has 2 fully saturated rings. The van der Waals surface area contributed by atoms with Crippen molar-refractivity contribution in [1.29, 1.82) is 0 Å². The van der Waals surface area contributed by atoms with Crippen LogP contribution in [0.2, 0.25) is 0 Å². The van der Waals surface area contributed by atoms with Gasteiger partial charge in [0.2, 0.25) is 0 Å². The molecule has 1 saturated heterocycles. The van der Waals surface area contributed by atoms with Crippen LogP contribution < -0.4 is 0 Å². The summed E-state index contributed by atoms with van der Waals surface area (Å²) < 4.78 is 24.3. The fraction of sp³-hybridized carbons (Fsp3) is 0.500. The molecule has 5 rings (SSSR count). The van der Waals surface area contributed by atoms with Crippen LogP contribution in [0.3, 0.4) is 0 Å². The fourth-order valence-electron chi connectivity index (χ4n) is 4.90. The van der Waals surface area contributed by atoms with Crippen molar-refractivity contribution in [2.24, 2.45) is 11.8 Å². The maximum Gasteiger partial charge on any atom is 0.253 e. The van der Waals surface area contributed by atoms with Gasteiger partial charge in [-0.3, -0.25) is 4.79 Å². The second-order valence-electron chi connectivity index (χ2n) is 9.23. The zero-order chi connectivity index (χ0) is 23.7. The lowest BCUT2D eigenvalue weighted by atomic mass is 9.99. The number of amides is 1. The number of hydrogen-bond acceptors (Lipinski definition) is 8. The van der Waals surface area contributed by atoms with Gasteiger partial charge >= 0.3 is 0 Å². The van der Waals surface area contributed by atoms with Crippen molar-refractivity contribution in [3.8, 4) is 0 Å². The van der Waals surface area contributed by atoms with E-state index in [0.717, 1.165) is 38.8 Å². The largest absolute Gasteiger partial charge is 0.337 e. The fourth-order valence-corrected chi connectivity index (χ4v) is 7.54. The van der Waals surface area contributed by atoms with Crippen LogP contribution in [0, 0.1) is 11.8 Å². The van der Waals surface area contributed by atoms with Gasteiger partial charge in [-0.2, -0.15) is 0 Å². The van der Waals surface area contributed by atoms with E-state index in [1.807, 2.05) is 36.8 Å². The van der Waals surface area contributed by atoms with Crippen LogP contribution in [-0.2, 0) is 22.7 Å². The second-order valence-corrected chi connectivity index (χ2v) is 13.5. The van der Waals surface area contributed by atoms with Crippen LogP contribution in [0.15, 0.2) is 35.5 Å². The van der Waals surface area contributed by atoms with Crippen molar-refractivity contribution in [1.82, 2.24) is 19.9 Å². The summed E-state index contributed by atoms with van der Waals surface area (Å²) in [5.41, 5.74) is 1.53. The first-order valence-electron chi connectivity index (χ1n) is 11.6. The highest BCUT2D eigenvalue weighted by Gasteiger charge is 2.28. The molecule has 0 radical (unpaired) electrons. The third-order valence-electron chi connectivity index (χ3n) is 6.81. The highest BCUT2D eigenvalue weighted by molar-refractivity contribution is 7.98. The molecule has 180 valence electrons. The van der Waals surface area contributed by atoms with Crippen LogP contribution in [0.1, 0.15) is 40.5 Å². The Bertz CT molecular complexity index is 1280. The molecule has 2 atom stereocenters. The van der Waals surface area contributed by atoms with Gasteiger partial charge in [0.15, 0.2) is 9.84 Å². The number of nitrogens with zero attached hydrogens (tertiary/aromatic N) is 4. The lowest BCUT2D eigenvalue weighted by Gasteiger charge is -2.26. The molecule has 34 heavy (non-hydrogen) atoms. The number of aromatic nitrogens is 3. The third-order valence-corrected chi connectivity index (χ3v) is 10.1. The third kappa shape index (κ3) is 5.44. The molecular weight excluding hydrogens is 488 g/mol. The van der Waals surface area contributed by atoms with E-state index in [4.69, 9.17) is 4.98 Å². The number of sulfone groups is 1. The van der Waals surface area contributed by atoms with E-state index < -0.39 is 9.84 Å². The number of carbonyl (C=O) groups excluding carboxylic acids is 1. The van der Waals surface area contributed by atoms with Gasteiger partial charge in [-0.05, 0) is 55.6 Å². The van der Waals surface area contributed by atoms with Crippen molar-refractivity contribution in [2.75, 3.05) is 30.9 Å². The molecule has 1 aliphatic carbocycles. The van der Waals surface area contributed by atoms with Crippen molar-refractivity contribution in [3.63, 3.8) is 0 Å². The molecule has 3 heterocycles. The monoisotopic (exact) mass is 516 g/mol. The van der Waals surface area contributed by atoms with Crippen LogP contribution in [0.5, 0.6) is 0 Å². The van der Waals surface area contributed by atoms with E-state index in [9.17, 15) is 13.2 Å². The Hall–Kier alpha value is -2.04. The highest BCUT2D eigenvalue weighted by Crippen LogP contribution is 2.36. The summed E-state index contributed by atoms with van der Waals surface area (Å²) in [6.45, 7) is 0.533. The maximum atomic E-state index is 12.9. The average Bonchev–Trinajstić information content (AvgIpc) is 3.44. The first-order valence-corrected chi connectivity index (χ1v) is 15.5. The number of hydrogen-bond donors (Lipinski definition) is 0. The predicted octanol–water partition coefficient (Wildman–Crippen LogP) is 3.88.